The van der Waals surface area contributed by atoms with Gasteiger partial charge < -0.3 is 20.1 Å². The molecule has 0 saturated heterocycles. The first-order valence-electron chi connectivity index (χ1n) is 8.69. The first-order valence-corrected chi connectivity index (χ1v) is 9.07. The maximum Gasteiger partial charge on any atom is 0.222 e. The number of ether oxygens (including phenoxy) is 2. The van der Waals surface area contributed by atoms with E-state index >= 15 is 0 Å². The summed E-state index contributed by atoms with van der Waals surface area (Å²) in [4.78, 5) is 24.0. The van der Waals surface area contributed by atoms with Crippen LogP contribution in [0.3, 0.4) is 0 Å². The van der Waals surface area contributed by atoms with E-state index in [9.17, 15) is 9.59 Å². The molecule has 0 saturated carbocycles. The minimum atomic E-state index is -0.427. The molecule has 0 bridgehead atoms. The van der Waals surface area contributed by atoms with Crippen LogP contribution < -0.4 is 20.1 Å². The zero-order chi connectivity index (χ0) is 19.2. The molecule has 2 amide bonds. The van der Waals surface area contributed by atoms with Gasteiger partial charge in [-0.15, -0.1) is 0 Å². The number of para-hydroxylation sites is 1. The molecule has 0 aliphatic carbocycles. The van der Waals surface area contributed by atoms with Crippen molar-refractivity contribution in [3.63, 3.8) is 0 Å². The second-order valence-electron chi connectivity index (χ2n) is 6.23. The van der Waals surface area contributed by atoms with Crippen molar-refractivity contribution in [2.24, 2.45) is 0 Å². The van der Waals surface area contributed by atoms with Crippen LogP contribution in [0.5, 0.6) is 11.5 Å². The van der Waals surface area contributed by atoms with Crippen molar-refractivity contribution in [1.82, 2.24) is 10.6 Å². The van der Waals surface area contributed by atoms with E-state index in [-0.39, 0.29) is 18.2 Å². The van der Waals surface area contributed by atoms with E-state index in [1.807, 2.05) is 18.2 Å². The Kier molecular flexibility index (Phi) is 6.19. The number of benzene rings is 2. The van der Waals surface area contributed by atoms with Crippen LogP contribution in [0.15, 0.2) is 42.5 Å². The van der Waals surface area contributed by atoms with E-state index in [4.69, 9.17) is 21.1 Å². The molecule has 1 aliphatic rings. The predicted molar refractivity (Wildman–Crippen MR) is 102 cm³/mol. The van der Waals surface area contributed by atoms with Gasteiger partial charge in [-0.1, -0.05) is 35.9 Å². The number of hydrogen-bond donors (Lipinski definition) is 2. The lowest BCUT2D eigenvalue weighted by Gasteiger charge is -2.21. The largest absolute Gasteiger partial charge is 0.486 e. The highest BCUT2D eigenvalue weighted by Crippen LogP contribution is 2.33. The quantitative estimate of drug-likeness (QED) is 0.797. The fourth-order valence-corrected chi connectivity index (χ4v) is 3.04. The molecule has 2 N–H and O–H groups in total. The third-order valence-electron chi connectivity index (χ3n) is 4.16. The van der Waals surface area contributed by atoms with Crippen LogP contribution in [0, 0.1) is 0 Å². The Morgan fingerprint density at radius 2 is 1.85 bits per heavy atom. The van der Waals surface area contributed by atoms with Crippen LogP contribution >= 0.6 is 11.6 Å². The van der Waals surface area contributed by atoms with Crippen molar-refractivity contribution in [3.05, 3.63) is 58.6 Å². The van der Waals surface area contributed by atoms with Crippen molar-refractivity contribution < 1.29 is 19.1 Å². The molecule has 2 aromatic rings. The minimum absolute atomic E-state index is 0.119. The first kappa shape index (κ1) is 19.0. The molecule has 27 heavy (non-hydrogen) atoms. The minimum Gasteiger partial charge on any atom is -0.486 e. The third-order valence-corrected chi connectivity index (χ3v) is 4.42. The Morgan fingerprint density at radius 1 is 1.11 bits per heavy atom. The topological polar surface area (TPSA) is 76.7 Å². The fourth-order valence-electron chi connectivity index (χ4n) is 2.92. The summed E-state index contributed by atoms with van der Waals surface area (Å²) in [5, 5.41) is 6.29. The van der Waals surface area contributed by atoms with Gasteiger partial charge in [0.15, 0.2) is 11.5 Å². The SMILES string of the molecule is CC(=O)NC(CC(=O)NCc1cccc2c1OCCO2)c1ccc(Cl)cc1. The molecular weight excluding hydrogens is 368 g/mol. The van der Waals surface area contributed by atoms with Gasteiger partial charge in [0.1, 0.15) is 13.2 Å². The van der Waals surface area contributed by atoms with Crippen molar-refractivity contribution in [3.8, 4) is 11.5 Å². The molecule has 2 aromatic carbocycles. The van der Waals surface area contributed by atoms with E-state index in [0.717, 1.165) is 11.1 Å². The molecule has 142 valence electrons. The van der Waals surface area contributed by atoms with Crippen LogP contribution in [0.4, 0.5) is 0 Å². The van der Waals surface area contributed by atoms with Gasteiger partial charge in [0, 0.05) is 24.1 Å². The number of amides is 2. The zero-order valence-corrected chi connectivity index (χ0v) is 15.7. The van der Waals surface area contributed by atoms with Crippen molar-refractivity contribution >= 4 is 23.4 Å². The lowest BCUT2D eigenvalue weighted by molar-refractivity contribution is -0.122. The van der Waals surface area contributed by atoms with Crippen LogP contribution in [0.2, 0.25) is 5.02 Å². The maximum absolute atomic E-state index is 12.5. The van der Waals surface area contributed by atoms with Crippen LogP contribution in [-0.2, 0) is 16.1 Å². The number of hydrogen-bond acceptors (Lipinski definition) is 4. The van der Waals surface area contributed by atoms with Crippen molar-refractivity contribution in [1.29, 1.82) is 0 Å². The molecule has 1 heterocycles. The van der Waals surface area contributed by atoms with Gasteiger partial charge in [-0.05, 0) is 23.8 Å². The Morgan fingerprint density at radius 3 is 2.59 bits per heavy atom. The van der Waals surface area contributed by atoms with Gasteiger partial charge in [0.05, 0.1) is 12.5 Å². The van der Waals surface area contributed by atoms with E-state index < -0.39 is 6.04 Å². The van der Waals surface area contributed by atoms with Crippen molar-refractivity contribution in [2.45, 2.75) is 25.9 Å². The fraction of sp³-hybridized carbons (Fsp3) is 0.300. The molecular formula is C20H21ClN2O4. The number of carbonyl (C=O) groups excluding carboxylic acids is 2. The summed E-state index contributed by atoms with van der Waals surface area (Å²) in [7, 11) is 0. The first-order chi connectivity index (χ1) is 13.0. The van der Waals surface area contributed by atoms with Crippen LogP contribution in [0.1, 0.15) is 30.5 Å². The zero-order valence-electron chi connectivity index (χ0n) is 15.0. The van der Waals surface area contributed by atoms with Gasteiger partial charge >= 0.3 is 0 Å². The van der Waals surface area contributed by atoms with Crippen LogP contribution in [-0.4, -0.2) is 25.0 Å². The van der Waals surface area contributed by atoms with Gasteiger partial charge in [-0.2, -0.15) is 0 Å². The summed E-state index contributed by atoms with van der Waals surface area (Å²) in [5.41, 5.74) is 1.67. The molecule has 0 fully saturated rings. The van der Waals surface area contributed by atoms with E-state index in [2.05, 4.69) is 10.6 Å². The number of rotatable bonds is 6. The Labute approximate surface area is 162 Å². The highest BCUT2D eigenvalue weighted by molar-refractivity contribution is 6.30. The molecule has 1 unspecified atom stereocenters. The number of halogens is 1. The molecule has 1 aliphatic heterocycles. The smallest absolute Gasteiger partial charge is 0.222 e. The average molecular weight is 389 g/mol. The number of carbonyl (C=O) groups is 2. The second-order valence-corrected chi connectivity index (χ2v) is 6.66. The molecule has 1 atom stereocenters. The predicted octanol–water partition coefficient (Wildman–Crippen LogP) is 2.99. The standard InChI is InChI=1S/C20H21ClN2O4/c1-13(24)23-17(14-5-7-16(21)8-6-14)11-19(25)22-12-15-3-2-4-18-20(15)27-10-9-26-18/h2-8,17H,9-12H2,1H3,(H,22,25)(H,23,24). The summed E-state index contributed by atoms with van der Waals surface area (Å²) in [6.07, 6.45) is 0.119. The summed E-state index contributed by atoms with van der Waals surface area (Å²) in [5.74, 6) is 0.967. The molecule has 0 radical (unpaired) electrons. The van der Waals surface area contributed by atoms with Gasteiger partial charge in [0.2, 0.25) is 11.8 Å². The Bertz CT molecular complexity index is 823. The molecule has 3 rings (SSSR count). The van der Waals surface area contributed by atoms with E-state index in [1.54, 1.807) is 24.3 Å². The van der Waals surface area contributed by atoms with E-state index in [0.29, 0.717) is 36.3 Å². The molecule has 0 spiro atoms. The lowest BCUT2D eigenvalue weighted by atomic mass is 10.0. The molecule has 0 aromatic heterocycles. The summed E-state index contributed by atoms with van der Waals surface area (Å²) in [6, 6.07) is 12.2. The number of fused-ring (bicyclic) bond motifs is 1. The average Bonchev–Trinajstić information content (AvgIpc) is 2.66. The lowest BCUT2D eigenvalue weighted by Crippen LogP contribution is -2.32. The van der Waals surface area contributed by atoms with Gasteiger partial charge in [-0.25, -0.2) is 0 Å². The van der Waals surface area contributed by atoms with Crippen LogP contribution in [0.25, 0.3) is 0 Å². The van der Waals surface area contributed by atoms with E-state index in [1.165, 1.54) is 6.92 Å². The summed E-state index contributed by atoms with van der Waals surface area (Å²) >= 11 is 5.91. The highest BCUT2D eigenvalue weighted by atomic mass is 35.5. The summed E-state index contributed by atoms with van der Waals surface area (Å²) < 4.78 is 11.2. The Hall–Kier alpha value is -2.73. The monoisotopic (exact) mass is 388 g/mol. The maximum atomic E-state index is 12.5. The third kappa shape index (κ3) is 5.14. The molecule has 7 heteroatoms. The van der Waals surface area contributed by atoms with Gasteiger partial charge in [-0.3, -0.25) is 9.59 Å². The Balaban J connectivity index is 1.64. The van der Waals surface area contributed by atoms with Crippen molar-refractivity contribution in [2.75, 3.05) is 13.2 Å². The number of nitrogens with one attached hydrogen (secondary N) is 2. The summed E-state index contributed by atoms with van der Waals surface area (Å²) in [6.45, 7) is 2.74. The normalized spacial score (nSPS) is 13.6. The highest BCUT2D eigenvalue weighted by Gasteiger charge is 2.19. The van der Waals surface area contributed by atoms with Gasteiger partial charge in [0.25, 0.3) is 0 Å². The second kappa shape index (κ2) is 8.77. The molecule has 6 nitrogen and oxygen atoms in total.